The lowest BCUT2D eigenvalue weighted by molar-refractivity contribution is -0.149. The van der Waals surface area contributed by atoms with E-state index in [9.17, 15) is 9.59 Å². The van der Waals surface area contributed by atoms with Crippen LogP contribution in [0.4, 0.5) is 0 Å². The Morgan fingerprint density at radius 2 is 1.73 bits per heavy atom. The highest BCUT2D eigenvalue weighted by atomic mass is 16.5. The summed E-state index contributed by atoms with van der Waals surface area (Å²) < 4.78 is 5.80. The number of rotatable bonds is 7. The number of para-hydroxylation sites is 1. The van der Waals surface area contributed by atoms with Crippen LogP contribution >= 0.6 is 0 Å². The molecule has 0 saturated carbocycles. The largest absolute Gasteiger partial charge is 0.489 e. The molecule has 2 rings (SSSR count). The molecule has 0 aromatic heterocycles. The van der Waals surface area contributed by atoms with Crippen LogP contribution in [0.1, 0.15) is 23.1 Å². The van der Waals surface area contributed by atoms with E-state index in [2.05, 4.69) is 0 Å². The van der Waals surface area contributed by atoms with E-state index in [1.165, 1.54) is 5.56 Å². The summed E-state index contributed by atoms with van der Waals surface area (Å²) in [5.41, 5.74) is 3.09. The van der Waals surface area contributed by atoms with Crippen LogP contribution < -0.4 is 4.74 Å². The Kier molecular flexibility index (Phi) is 5.31. The number of hydrogen-bond acceptors (Lipinski definition) is 3. The van der Waals surface area contributed by atoms with Gasteiger partial charge in [-0.25, -0.2) is 4.79 Å². The third-order valence-corrected chi connectivity index (χ3v) is 3.35. The standard InChI is InChI=1S/C18H18O4/c1-13-6-8-14(9-7-13)12-22-17-5-3-2-4-15(17)10-11-16(19)18(20)21/h2-9H,10-12H2,1H3,(H,20,21). The van der Waals surface area contributed by atoms with Gasteiger partial charge in [0, 0.05) is 6.42 Å². The predicted octanol–water partition coefficient (Wildman–Crippen LogP) is 3.16. The van der Waals surface area contributed by atoms with Crippen LogP contribution in [0, 0.1) is 6.92 Å². The summed E-state index contributed by atoms with van der Waals surface area (Å²) in [5.74, 6) is -1.49. The van der Waals surface area contributed by atoms with E-state index < -0.39 is 11.8 Å². The molecule has 1 N–H and O–H groups in total. The fourth-order valence-electron chi connectivity index (χ4n) is 2.05. The van der Waals surface area contributed by atoms with Crippen molar-refractivity contribution in [1.82, 2.24) is 0 Å². The summed E-state index contributed by atoms with van der Waals surface area (Å²) in [6.07, 6.45) is 0.329. The molecule has 4 nitrogen and oxygen atoms in total. The van der Waals surface area contributed by atoms with Gasteiger partial charge in [0.2, 0.25) is 5.78 Å². The molecule has 0 fully saturated rings. The molecule has 0 radical (unpaired) electrons. The first-order valence-corrected chi connectivity index (χ1v) is 7.08. The van der Waals surface area contributed by atoms with Gasteiger partial charge in [-0.15, -0.1) is 0 Å². The van der Waals surface area contributed by atoms with Gasteiger partial charge in [0.1, 0.15) is 12.4 Å². The summed E-state index contributed by atoms with van der Waals surface area (Å²) in [4.78, 5) is 21.8. The maximum atomic E-state index is 11.2. The molecule has 2 aromatic carbocycles. The molecule has 0 atom stereocenters. The van der Waals surface area contributed by atoms with Crippen molar-refractivity contribution in [1.29, 1.82) is 0 Å². The van der Waals surface area contributed by atoms with Crippen molar-refractivity contribution in [2.24, 2.45) is 0 Å². The summed E-state index contributed by atoms with van der Waals surface area (Å²) in [6, 6.07) is 15.4. The molecule has 0 unspecified atom stereocenters. The van der Waals surface area contributed by atoms with Crippen molar-refractivity contribution in [3.8, 4) is 5.75 Å². The van der Waals surface area contributed by atoms with Gasteiger partial charge in [0.05, 0.1) is 0 Å². The quantitative estimate of drug-likeness (QED) is 0.797. The molecule has 0 aliphatic rings. The Morgan fingerprint density at radius 1 is 1.05 bits per heavy atom. The second-order valence-electron chi connectivity index (χ2n) is 5.11. The van der Waals surface area contributed by atoms with Gasteiger partial charge in [0.15, 0.2) is 0 Å². The zero-order valence-corrected chi connectivity index (χ0v) is 12.4. The molecular formula is C18H18O4. The predicted molar refractivity (Wildman–Crippen MR) is 82.9 cm³/mol. The molecule has 0 bridgehead atoms. The van der Waals surface area contributed by atoms with E-state index in [0.29, 0.717) is 18.8 Å². The third-order valence-electron chi connectivity index (χ3n) is 3.35. The zero-order valence-electron chi connectivity index (χ0n) is 12.4. The lowest BCUT2D eigenvalue weighted by atomic mass is 10.1. The van der Waals surface area contributed by atoms with Crippen molar-refractivity contribution in [3.63, 3.8) is 0 Å². The van der Waals surface area contributed by atoms with Crippen molar-refractivity contribution in [3.05, 3.63) is 65.2 Å². The van der Waals surface area contributed by atoms with Crippen molar-refractivity contribution in [2.45, 2.75) is 26.4 Å². The molecule has 0 heterocycles. The molecule has 114 valence electrons. The van der Waals surface area contributed by atoms with Gasteiger partial charge in [0.25, 0.3) is 0 Å². The number of hydrogen-bond donors (Lipinski definition) is 1. The van der Waals surface area contributed by atoms with Gasteiger partial charge in [-0.3, -0.25) is 4.79 Å². The number of carboxylic acids is 1. The molecule has 4 heteroatoms. The van der Waals surface area contributed by atoms with E-state index in [-0.39, 0.29) is 6.42 Å². The molecular weight excluding hydrogens is 280 g/mol. The number of aliphatic carboxylic acids is 1. The minimum atomic E-state index is -1.39. The average Bonchev–Trinajstić information content (AvgIpc) is 2.52. The van der Waals surface area contributed by atoms with Crippen molar-refractivity contribution < 1.29 is 19.4 Å². The lowest BCUT2D eigenvalue weighted by Gasteiger charge is -2.11. The number of ketones is 1. The maximum absolute atomic E-state index is 11.2. The van der Waals surface area contributed by atoms with Crippen LogP contribution in [0.15, 0.2) is 48.5 Å². The van der Waals surface area contributed by atoms with Crippen molar-refractivity contribution in [2.75, 3.05) is 0 Å². The number of carbonyl (C=O) groups excluding carboxylic acids is 1. The summed E-state index contributed by atoms with van der Waals surface area (Å²) in [6.45, 7) is 2.46. The van der Waals surface area contributed by atoms with Crippen LogP contribution in [0.3, 0.4) is 0 Å². The lowest BCUT2D eigenvalue weighted by Crippen LogP contribution is -2.13. The third kappa shape index (κ3) is 4.45. The smallest absolute Gasteiger partial charge is 0.372 e. The number of Topliss-reactive ketones (excluding diaryl/α,β-unsaturated/α-hetero) is 1. The van der Waals surface area contributed by atoms with Gasteiger partial charge in [-0.2, -0.15) is 0 Å². The molecule has 0 spiro atoms. The fraction of sp³-hybridized carbons (Fsp3) is 0.222. The van der Waals surface area contributed by atoms with Gasteiger partial charge in [-0.05, 0) is 30.5 Å². The van der Waals surface area contributed by atoms with Gasteiger partial charge < -0.3 is 9.84 Å². The number of benzene rings is 2. The monoisotopic (exact) mass is 298 g/mol. The fourth-order valence-corrected chi connectivity index (χ4v) is 2.05. The summed E-state index contributed by atoms with van der Waals surface area (Å²) in [7, 11) is 0. The van der Waals surface area contributed by atoms with Gasteiger partial charge >= 0.3 is 5.97 Å². The molecule has 0 amide bonds. The van der Waals surface area contributed by atoms with Gasteiger partial charge in [-0.1, -0.05) is 48.0 Å². The average molecular weight is 298 g/mol. The van der Waals surface area contributed by atoms with E-state index in [0.717, 1.165) is 11.1 Å². The second kappa shape index (κ2) is 7.41. The van der Waals surface area contributed by atoms with E-state index in [4.69, 9.17) is 9.84 Å². The Labute approximate surface area is 129 Å². The summed E-state index contributed by atoms with van der Waals surface area (Å²) >= 11 is 0. The second-order valence-corrected chi connectivity index (χ2v) is 5.11. The Hall–Kier alpha value is -2.62. The normalized spacial score (nSPS) is 10.2. The number of ether oxygens (including phenoxy) is 1. The molecule has 0 aliphatic carbocycles. The van der Waals surface area contributed by atoms with Crippen LogP contribution in [0.5, 0.6) is 5.75 Å². The Bertz CT molecular complexity index is 659. The topological polar surface area (TPSA) is 63.6 Å². The summed E-state index contributed by atoms with van der Waals surface area (Å²) in [5, 5.41) is 8.62. The first-order valence-electron chi connectivity index (χ1n) is 7.08. The molecule has 0 saturated heterocycles. The number of carbonyl (C=O) groups is 2. The number of aryl methyl sites for hydroxylation is 2. The Morgan fingerprint density at radius 3 is 2.41 bits per heavy atom. The number of carboxylic acid groups (broad SMARTS) is 1. The molecule has 0 aliphatic heterocycles. The molecule has 22 heavy (non-hydrogen) atoms. The minimum Gasteiger partial charge on any atom is -0.489 e. The van der Waals surface area contributed by atoms with Crippen LogP contribution in [-0.4, -0.2) is 16.9 Å². The maximum Gasteiger partial charge on any atom is 0.372 e. The first-order chi connectivity index (χ1) is 10.6. The SMILES string of the molecule is Cc1ccc(COc2ccccc2CCC(=O)C(=O)O)cc1. The highest BCUT2D eigenvalue weighted by Gasteiger charge is 2.12. The van der Waals surface area contributed by atoms with Crippen LogP contribution in [-0.2, 0) is 22.6 Å². The van der Waals surface area contributed by atoms with E-state index >= 15 is 0 Å². The first kappa shape index (κ1) is 15.8. The Balaban J connectivity index is 2.00. The van der Waals surface area contributed by atoms with Crippen molar-refractivity contribution >= 4 is 11.8 Å². The van der Waals surface area contributed by atoms with E-state index in [1.54, 1.807) is 0 Å². The van der Waals surface area contributed by atoms with E-state index in [1.807, 2.05) is 55.5 Å². The van der Waals surface area contributed by atoms with Crippen LogP contribution in [0.2, 0.25) is 0 Å². The zero-order chi connectivity index (χ0) is 15.9. The highest BCUT2D eigenvalue weighted by Crippen LogP contribution is 2.21. The molecule has 2 aromatic rings. The highest BCUT2D eigenvalue weighted by molar-refractivity contribution is 6.32. The van der Waals surface area contributed by atoms with Crippen LogP contribution in [0.25, 0.3) is 0 Å². The minimum absolute atomic E-state index is 0.0275.